The van der Waals surface area contributed by atoms with Crippen LogP contribution in [0, 0.1) is 11.8 Å². The van der Waals surface area contributed by atoms with Crippen LogP contribution in [0.15, 0.2) is 17.4 Å². The minimum atomic E-state index is 0. The maximum atomic E-state index is 4.58. The summed E-state index contributed by atoms with van der Waals surface area (Å²) in [6.07, 6.45) is 9.97. The largest absolute Gasteiger partial charge is 0.354 e. The van der Waals surface area contributed by atoms with Gasteiger partial charge in [-0.3, -0.25) is 14.6 Å². The van der Waals surface area contributed by atoms with Crippen LogP contribution in [0.4, 0.5) is 0 Å². The zero-order valence-electron chi connectivity index (χ0n) is 18.4. The van der Waals surface area contributed by atoms with Crippen molar-refractivity contribution in [3.8, 4) is 0 Å². The van der Waals surface area contributed by atoms with E-state index in [1.165, 1.54) is 44.3 Å². The van der Waals surface area contributed by atoms with Gasteiger partial charge in [0.25, 0.3) is 0 Å². The van der Waals surface area contributed by atoms with Crippen molar-refractivity contribution < 1.29 is 0 Å². The molecule has 1 aliphatic heterocycles. The topological polar surface area (TPSA) is 51.9 Å². The summed E-state index contributed by atoms with van der Waals surface area (Å²) in [5.74, 6) is 3.04. The lowest BCUT2D eigenvalue weighted by Gasteiger charge is -2.42. The summed E-state index contributed by atoms with van der Waals surface area (Å²) in [6.45, 7) is 5.33. The monoisotopic (exact) mass is 515 g/mol. The molecule has 29 heavy (non-hydrogen) atoms. The van der Waals surface area contributed by atoms with Crippen molar-refractivity contribution in [1.29, 1.82) is 0 Å². The molecule has 1 saturated heterocycles. The van der Waals surface area contributed by atoms with Gasteiger partial charge in [-0.15, -0.1) is 24.0 Å². The quantitative estimate of drug-likeness (QED) is 0.370. The number of aliphatic imine (C=N–C) groups is 1. The molecule has 0 radical (unpaired) electrons. The first-order chi connectivity index (χ1) is 13.5. The molecule has 2 bridgehead atoms. The number of aromatic nitrogens is 2. The van der Waals surface area contributed by atoms with Gasteiger partial charge in [-0.05, 0) is 45.2 Å². The van der Waals surface area contributed by atoms with E-state index in [2.05, 4.69) is 50.4 Å². The Kier molecular flexibility index (Phi) is 7.83. The Labute approximate surface area is 192 Å². The van der Waals surface area contributed by atoms with Crippen LogP contribution in [0.25, 0.3) is 0 Å². The van der Waals surface area contributed by atoms with Crippen LogP contribution >= 0.6 is 24.0 Å². The van der Waals surface area contributed by atoms with Gasteiger partial charge in [0.1, 0.15) is 0 Å². The number of aryl methyl sites for hydroxylation is 1. The number of hydrogen-bond acceptors (Lipinski definition) is 4. The molecule has 2 saturated carbocycles. The summed E-state index contributed by atoms with van der Waals surface area (Å²) >= 11 is 0. The molecule has 2 heterocycles. The van der Waals surface area contributed by atoms with E-state index in [1.54, 1.807) is 0 Å². The van der Waals surface area contributed by atoms with E-state index >= 15 is 0 Å². The minimum Gasteiger partial charge on any atom is -0.354 e. The predicted octanol–water partition coefficient (Wildman–Crippen LogP) is 2.02. The van der Waals surface area contributed by atoms with Gasteiger partial charge in [-0.1, -0.05) is 6.42 Å². The van der Waals surface area contributed by atoms with Gasteiger partial charge in [0, 0.05) is 64.6 Å². The summed E-state index contributed by atoms with van der Waals surface area (Å²) in [5.41, 5.74) is 1.23. The van der Waals surface area contributed by atoms with Crippen molar-refractivity contribution in [2.75, 3.05) is 53.9 Å². The summed E-state index contributed by atoms with van der Waals surface area (Å²) in [4.78, 5) is 12.0. The van der Waals surface area contributed by atoms with Crippen LogP contribution in [0.5, 0.6) is 0 Å². The van der Waals surface area contributed by atoms with Crippen molar-refractivity contribution in [3.63, 3.8) is 0 Å². The Morgan fingerprint density at radius 2 is 2.00 bits per heavy atom. The molecule has 0 amide bonds. The normalized spacial score (nSPS) is 28.7. The van der Waals surface area contributed by atoms with Crippen LogP contribution in [-0.2, 0) is 7.05 Å². The SMILES string of the molecule is CN=C(NCC(c1cnn(C)c1)N(C)C)N1CCN(C2CC3CCC2C3)CC1.I. The fourth-order valence-corrected chi connectivity index (χ4v) is 5.65. The van der Waals surface area contributed by atoms with Gasteiger partial charge < -0.3 is 15.1 Å². The molecule has 1 aromatic rings. The van der Waals surface area contributed by atoms with Crippen LogP contribution in [0.2, 0.25) is 0 Å². The predicted molar refractivity (Wildman–Crippen MR) is 129 cm³/mol. The molecule has 3 fully saturated rings. The van der Waals surface area contributed by atoms with E-state index in [1.807, 2.05) is 25.0 Å². The Balaban J connectivity index is 0.00000240. The first-order valence-corrected chi connectivity index (χ1v) is 10.9. The highest BCUT2D eigenvalue weighted by Gasteiger charge is 2.42. The van der Waals surface area contributed by atoms with Gasteiger partial charge in [-0.2, -0.15) is 5.10 Å². The smallest absolute Gasteiger partial charge is 0.193 e. The zero-order chi connectivity index (χ0) is 19.7. The van der Waals surface area contributed by atoms with Crippen LogP contribution in [0.3, 0.4) is 0 Å². The molecule has 164 valence electrons. The summed E-state index contributed by atoms with van der Waals surface area (Å²) in [5, 5.41) is 7.95. The van der Waals surface area contributed by atoms with Crippen molar-refractivity contribution in [3.05, 3.63) is 18.0 Å². The average molecular weight is 515 g/mol. The molecule has 0 spiro atoms. The Morgan fingerprint density at radius 3 is 2.52 bits per heavy atom. The minimum absolute atomic E-state index is 0. The molecular weight excluding hydrogens is 477 g/mol. The van der Waals surface area contributed by atoms with E-state index in [4.69, 9.17) is 0 Å². The number of likely N-dealkylation sites (N-methyl/N-ethyl adjacent to an activating group) is 1. The number of fused-ring (bicyclic) bond motifs is 2. The standard InChI is InChI=1S/C21H37N7.HI/c1-22-21(23-14-20(25(2)3)18-13-24-26(4)15-18)28-9-7-27(8-10-28)19-12-16-5-6-17(19)11-16;/h13,15-17,19-20H,5-12,14H2,1-4H3,(H,22,23);1H. The molecule has 3 aliphatic rings. The Bertz CT molecular complexity index is 680. The number of nitrogens with zero attached hydrogens (tertiary/aromatic N) is 6. The average Bonchev–Trinajstić information content (AvgIpc) is 3.42. The molecule has 1 aromatic heterocycles. The summed E-state index contributed by atoms with van der Waals surface area (Å²) in [7, 11) is 8.12. The fourth-order valence-electron chi connectivity index (χ4n) is 5.65. The summed E-state index contributed by atoms with van der Waals surface area (Å²) in [6, 6.07) is 1.14. The molecule has 4 atom stereocenters. The molecular formula is C21H38IN7. The van der Waals surface area contributed by atoms with Crippen LogP contribution in [0.1, 0.15) is 37.3 Å². The van der Waals surface area contributed by atoms with Gasteiger partial charge in [0.15, 0.2) is 5.96 Å². The number of hydrogen-bond donors (Lipinski definition) is 1. The van der Waals surface area contributed by atoms with E-state index in [9.17, 15) is 0 Å². The van der Waals surface area contributed by atoms with E-state index in [0.29, 0.717) is 0 Å². The van der Waals surface area contributed by atoms with Crippen molar-refractivity contribution in [2.45, 2.75) is 37.8 Å². The number of piperazine rings is 1. The third-order valence-electron chi connectivity index (χ3n) is 7.18. The second-order valence-electron chi connectivity index (χ2n) is 9.12. The third-order valence-corrected chi connectivity index (χ3v) is 7.18. The van der Waals surface area contributed by atoms with Gasteiger partial charge in [0.2, 0.25) is 0 Å². The molecule has 7 nitrogen and oxygen atoms in total. The second-order valence-corrected chi connectivity index (χ2v) is 9.12. The number of halogens is 1. The maximum absolute atomic E-state index is 4.58. The third kappa shape index (κ3) is 5.07. The highest BCUT2D eigenvalue weighted by Crippen LogP contribution is 2.46. The first kappa shape index (κ1) is 22.8. The van der Waals surface area contributed by atoms with Gasteiger partial charge in [-0.25, -0.2) is 0 Å². The number of rotatable bonds is 5. The van der Waals surface area contributed by atoms with E-state index in [-0.39, 0.29) is 30.0 Å². The Hall–Kier alpha value is -0.870. The molecule has 8 heteroatoms. The second kappa shape index (κ2) is 9.96. The van der Waals surface area contributed by atoms with Crippen LogP contribution in [-0.4, -0.2) is 90.3 Å². The van der Waals surface area contributed by atoms with Crippen molar-refractivity contribution in [1.82, 2.24) is 29.8 Å². The van der Waals surface area contributed by atoms with Crippen molar-refractivity contribution in [2.24, 2.45) is 23.9 Å². The molecule has 2 aliphatic carbocycles. The van der Waals surface area contributed by atoms with Gasteiger partial charge in [0.05, 0.1) is 12.2 Å². The maximum Gasteiger partial charge on any atom is 0.193 e. The summed E-state index contributed by atoms with van der Waals surface area (Å²) < 4.78 is 1.87. The van der Waals surface area contributed by atoms with Gasteiger partial charge >= 0.3 is 0 Å². The highest BCUT2D eigenvalue weighted by atomic mass is 127. The van der Waals surface area contributed by atoms with Crippen LogP contribution < -0.4 is 5.32 Å². The first-order valence-electron chi connectivity index (χ1n) is 10.9. The number of nitrogens with one attached hydrogen (secondary N) is 1. The molecule has 1 N–H and O–H groups in total. The highest BCUT2D eigenvalue weighted by molar-refractivity contribution is 14.0. The van der Waals surface area contributed by atoms with Crippen molar-refractivity contribution >= 4 is 29.9 Å². The lowest BCUT2D eigenvalue weighted by atomic mass is 9.93. The number of guanidine groups is 1. The zero-order valence-corrected chi connectivity index (χ0v) is 20.7. The lowest BCUT2D eigenvalue weighted by molar-refractivity contribution is 0.0956. The molecule has 4 unspecified atom stereocenters. The van der Waals surface area contributed by atoms with E-state index < -0.39 is 0 Å². The Morgan fingerprint density at radius 1 is 1.24 bits per heavy atom. The van der Waals surface area contributed by atoms with E-state index in [0.717, 1.165) is 43.5 Å². The fraction of sp³-hybridized carbons (Fsp3) is 0.810. The molecule has 0 aromatic carbocycles. The molecule has 4 rings (SSSR count). The lowest BCUT2D eigenvalue weighted by Crippen LogP contribution is -2.56.